The average molecular weight is 428 g/mol. The first-order valence-corrected chi connectivity index (χ1v) is 8.81. The largest absolute Gasteiger partial charge is 0.385 e. The number of aromatic nitrogens is 1. The summed E-state index contributed by atoms with van der Waals surface area (Å²) < 4.78 is 20.1. The standard InChI is InChI=1S/C17H17BrClFN4O/c18-12-1-2-14(22-6-12)7-23-15-4-11(3-13(19)5-15)17(9-20)10-25-8-16(21)24-17/h1-6,23H,7-10H2,(H2,21,24). The van der Waals surface area contributed by atoms with Gasteiger partial charge in [-0.1, -0.05) is 11.6 Å². The Bertz CT molecular complexity index is 787. The van der Waals surface area contributed by atoms with Crippen molar-refractivity contribution in [3.05, 3.63) is 57.3 Å². The normalized spacial score (nSPS) is 20.2. The van der Waals surface area contributed by atoms with Crippen molar-refractivity contribution in [2.24, 2.45) is 10.7 Å². The SMILES string of the molecule is NC1=NC(CF)(c2cc(Cl)cc(NCc3ccc(Br)cn3)c2)COC1. The van der Waals surface area contributed by atoms with Gasteiger partial charge < -0.3 is 15.8 Å². The molecule has 1 aromatic carbocycles. The van der Waals surface area contributed by atoms with Crippen LogP contribution in [0.3, 0.4) is 0 Å². The van der Waals surface area contributed by atoms with Gasteiger partial charge in [-0.15, -0.1) is 0 Å². The summed E-state index contributed by atoms with van der Waals surface area (Å²) in [6, 6.07) is 9.10. The van der Waals surface area contributed by atoms with Crippen LogP contribution in [0.25, 0.3) is 0 Å². The number of nitrogens with one attached hydrogen (secondary N) is 1. The van der Waals surface area contributed by atoms with Gasteiger partial charge in [-0.25, -0.2) is 4.39 Å². The van der Waals surface area contributed by atoms with Crippen LogP contribution in [0.4, 0.5) is 10.1 Å². The van der Waals surface area contributed by atoms with E-state index in [0.717, 1.165) is 15.9 Å². The van der Waals surface area contributed by atoms with Crippen molar-refractivity contribution in [2.75, 3.05) is 25.2 Å². The third kappa shape index (κ3) is 4.29. The lowest BCUT2D eigenvalue weighted by atomic mass is 9.91. The van der Waals surface area contributed by atoms with Gasteiger partial charge in [0.25, 0.3) is 0 Å². The Balaban J connectivity index is 1.85. The summed E-state index contributed by atoms with van der Waals surface area (Å²) >= 11 is 9.58. The van der Waals surface area contributed by atoms with Crippen LogP contribution in [-0.2, 0) is 16.8 Å². The molecule has 0 radical (unpaired) electrons. The molecule has 132 valence electrons. The maximum Gasteiger partial charge on any atom is 0.139 e. The van der Waals surface area contributed by atoms with E-state index in [2.05, 4.69) is 31.2 Å². The number of aliphatic imine (C=N–C) groups is 1. The van der Waals surface area contributed by atoms with E-state index in [9.17, 15) is 4.39 Å². The predicted octanol–water partition coefficient (Wildman–Crippen LogP) is 3.66. The van der Waals surface area contributed by atoms with E-state index >= 15 is 0 Å². The van der Waals surface area contributed by atoms with Crippen LogP contribution in [0.5, 0.6) is 0 Å². The van der Waals surface area contributed by atoms with Crippen LogP contribution in [0.1, 0.15) is 11.3 Å². The molecular formula is C17H17BrClFN4O. The van der Waals surface area contributed by atoms with Gasteiger partial charge in [-0.3, -0.25) is 9.98 Å². The third-order valence-corrected chi connectivity index (χ3v) is 4.55. The van der Waals surface area contributed by atoms with Crippen molar-refractivity contribution in [2.45, 2.75) is 12.1 Å². The van der Waals surface area contributed by atoms with Gasteiger partial charge in [0.2, 0.25) is 0 Å². The number of ether oxygens (including phenoxy) is 1. The molecule has 0 amide bonds. The Morgan fingerprint density at radius 1 is 1.36 bits per heavy atom. The molecule has 5 nitrogen and oxygen atoms in total. The number of alkyl halides is 1. The highest BCUT2D eigenvalue weighted by Crippen LogP contribution is 2.33. The molecule has 1 aliphatic rings. The van der Waals surface area contributed by atoms with Crippen molar-refractivity contribution < 1.29 is 9.13 Å². The lowest BCUT2D eigenvalue weighted by Gasteiger charge is -2.31. The maximum atomic E-state index is 13.8. The van der Waals surface area contributed by atoms with Crippen molar-refractivity contribution >= 4 is 39.1 Å². The number of anilines is 1. The summed E-state index contributed by atoms with van der Waals surface area (Å²) in [6.45, 7) is 0.125. The molecule has 1 aromatic heterocycles. The lowest BCUT2D eigenvalue weighted by Crippen LogP contribution is -2.41. The molecule has 2 aromatic rings. The minimum atomic E-state index is -1.15. The van der Waals surface area contributed by atoms with Gasteiger partial charge in [0.05, 0.1) is 18.8 Å². The molecule has 3 rings (SSSR count). The van der Waals surface area contributed by atoms with Gasteiger partial charge in [-0.05, 0) is 51.8 Å². The number of pyridine rings is 1. The number of hydrogen-bond donors (Lipinski definition) is 2. The molecule has 8 heteroatoms. The Morgan fingerprint density at radius 2 is 2.20 bits per heavy atom. The summed E-state index contributed by atoms with van der Waals surface area (Å²) in [5.74, 6) is 0.275. The average Bonchev–Trinajstić information content (AvgIpc) is 2.60. The minimum absolute atomic E-state index is 0.123. The fourth-order valence-corrected chi connectivity index (χ4v) is 3.09. The highest BCUT2D eigenvalue weighted by molar-refractivity contribution is 9.10. The fourth-order valence-electron chi connectivity index (χ4n) is 2.62. The Labute approximate surface area is 158 Å². The quantitative estimate of drug-likeness (QED) is 0.764. The Kier molecular flexibility index (Phi) is 5.56. The molecule has 25 heavy (non-hydrogen) atoms. The van der Waals surface area contributed by atoms with Crippen LogP contribution in [-0.4, -0.2) is 30.7 Å². The van der Waals surface area contributed by atoms with E-state index in [4.69, 9.17) is 22.1 Å². The molecular weight excluding hydrogens is 411 g/mol. The first-order valence-electron chi connectivity index (χ1n) is 7.64. The topological polar surface area (TPSA) is 72.5 Å². The van der Waals surface area contributed by atoms with Gasteiger partial charge in [0.1, 0.15) is 24.7 Å². The highest BCUT2D eigenvalue weighted by atomic mass is 79.9. The van der Waals surface area contributed by atoms with Gasteiger partial charge >= 0.3 is 0 Å². The molecule has 3 N–H and O–H groups in total. The molecule has 0 aliphatic carbocycles. The predicted molar refractivity (Wildman–Crippen MR) is 101 cm³/mol. The number of nitrogens with two attached hydrogens (primary N) is 1. The second-order valence-electron chi connectivity index (χ2n) is 5.81. The second-order valence-corrected chi connectivity index (χ2v) is 7.16. The fraction of sp³-hybridized carbons (Fsp3) is 0.294. The zero-order valence-corrected chi connectivity index (χ0v) is 15.6. The maximum absolute atomic E-state index is 13.8. The van der Waals surface area contributed by atoms with Crippen LogP contribution >= 0.6 is 27.5 Å². The van der Waals surface area contributed by atoms with E-state index in [1.807, 2.05) is 18.2 Å². The molecule has 0 spiro atoms. The van der Waals surface area contributed by atoms with Crippen LogP contribution < -0.4 is 11.1 Å². The summed E-state index contributed by atoms with van der Waals surface area (Å²) in [5.41, 5.74) is 6.83. The monoisotopic (exact) mass is 426 g/mol. The zero-order chi connectivity index (χ0) is 17.9. The van der Waals surface area contributed by atoms with E-state index in [1.165, 1.54) is 0 Å². The van der Waals surface area contributed by atoms with Crippen LogP contribution in [0, 0.1) is 0 Å². The van der Waals surface area contributed by atoms with Crippen LogP contribution in [0.2, 0.25) is 5.02 Å². The van der Waals surface area contributed by atoms with Gasteiger partial charge in [0.15, 0.2) is 0 Å². The van der Waals surface area contributed by atoms with E-state index in [1.54, 1.807) is 18.3 Å². The summed E-state index contributed by atoms with van der Waals surface area (Å²) in [6.07, 6.45) is 1.73. The number of benzene rings is 1. The molecule has 1 aliphatic heterocycles. The number of hydrogen-bond acceptors (Lipinski definition) is 5. The lowest BCUT2D eigenvalue weighted by molar-refractivity contribution is 0.0828. The minimum Gasteiger partial charge on any atom is -0.385 e. The first-order chi connectivity index (χ1) is 12.0. The van der Waals surface area contributed by atoms with E-state index < -0.39 is 12.2 Å². The molecule has 1 unspecified atom stereocenters. The number of halogens is 3. The van der Waals surface area contributed by atoms with E-state index in [0.29, 0.717) is 17.1 Å². The second kappa shape index (κ2) is 7.68. The van der Waals surface area contributed by atoms with Crippen molar-refractivity contribution in [3.63, 3.8) is 0 Å². The molecule has 2 heterocycles. The summed E-state index contributed by atoms with van der Waals surface area (Å²) in [7, 11) is 0. The third-order valence-electron chi connectivity index (χ3n) is 3.87. The molecule has 0 bridgehead atoms. The van der Waals surface area contributed by atoms with E-state index in [-0.39, 0.29) is 19.0 Å². The zero-order valence-electron chi connectivity index (χ0n) is 13.3. The Morgan fingerprint density at radius 3 is 2.88 bits per heavy atom. The first kappa shape index (κ1) is 18.1. The Hall–Kier alpha value is -1.70. The molecule has 0 saturated carbocycles. The molecule has 0 saturated heterocycles. The van der Waals surface area contributed by atoms with Crippen molar-refractivity contribution in [1.29, 1.82) is 0 Å². The van der Waals surface area contributed by atoms with Crippen molar-refractivity contribution in [1.82, 2.24) is 4.98 Å². The summed E-state index contributed by atoms with van der Waals surface area (Å²) in [4.78, 5) is 8.61. The van der Waals surface area contributed by atoms with Gasteiger partial charge in [-0.2, -0.15) is 0 Å². The van der Waals surface area contributed by atoms with Crippen LogP contribution in [0.15, 0.2) is 46.0 Å². The van der Waals surface area contributed by atoms with Crippen molar-refractivity contribution in [3.8, 4) is 0 Å². The number of nitrogens with zero attached hydrogens (tertiary/aromatic N) is 2. The van der Waals surface area contributed by atoms with Gasteiger partial charge in [0, 0.05) is 21.4 Å². The molecule has 0 fully saturated rings. The summed E-state index contributed by atoms with van der Waals surface area (Å²) in [5, 5.41) is 3.73. The molecule has 1 atom stereocenters. The highest BCUT2D eigenvalue weighted by Gasteiger charge is 2.36. The number of amidine groups is 1. The smallest absolute Gasteiger partial charge is 0.139 e. The number of rotatable bonds is 5.